The molecule has 0 aliphatic heterocycles. The van der Waals surface area contributed by atoms with Crippen LogP contribution in [0.1, 0.15) is 34.3 Å². The van der Waals surface area contributed by atoms with Crippen molar-refractivity contribution in [2.24, 2.45) is 0 Å². The summed E-state index contributed by atoms with van der Waals surface area (Å²) in [7, 11) is -3.51. The number of rotatable bonds is 6. The highest BCUT2D eigenvalue weighted by Crippen LogP contribution is 2.22. The maximum absolute atomic E-state index is 12.2. The number of benzene rings is 2. The van der Waals surface area contributed by atoms with Crippen molar-refractivity contribution in [3.05, 3.63) is 65.2 Å². The van der Waals surface area contributed by atoms with Gasteiger partial charge in [0.25, 0.3) is 5.91 Å². The van der Waals surface area contributed by atoms with Gasteiger partial charge in [-0.05, 0) is 54.8 Å². The number of hydrogen-bond donors (Lipinski definition) is 2. The van der Waals surface area contributed by atoms with Crippen molar-refractivity contribution < 1.29 is 13.2 Å². The zero-order valence-electron chi connectivity index (χ0n) is 13.4. The summed E-state index contributed by atoms with van der Waals surface area (Å²) in [5.41, 5.74) is 1.73. The molecule has 1 fully saturated rings. The third kappa shape index (κ3) is 4.44. The Hall–Kier alpha value is -2.69. The minimum absolute atomic E-state index is 0.0390. The van der Waals surface area contributed by atoms with E-state index < -0.39 is 10.0 Å². The number of amides is 1. The van der Waals surface area contributed by atoms with Crippen molar-refractivity contribution in [1.82, 2.24) is 10.0 Å². The Morgan fingerprint density at radius 1 is 1.16 bits per heavy atom. The van der Waals surface area contributed by atoms with Gasteiger partial charge in [0.2, 0.25) is 10.0 Å². The van der Waals surface area contributed by atoms with E-state index in [4.69, 9.17) is 5.26 Å². The van der Waals surface area contributed by atoms with Crippen LogP contribution in [0.4, 0.5) is 0 Å². The second-order valence-corrected chi connectivity index (χ2v) is 7.63. The Bertz CT molecular complexity index is 927. The Balaban J connectivity index is 1.63. The van der Waals surface area contributed by atoms with Crippen LogP contribution in [0.3, 0.4) is 0 Å². The highest BCUT2D eigenvalue weighted by molar-refractivity contribution is 7.89. The summed E-state index contributed by atoms with van der Waals surface area (Å²) in [4.78, 5) is 12.3. The van der Waals surface area contributed by atoms with E-state index in [9.17, 15) is 13.2 Å². The monoisotopic (exact) mass is 355 g/mol. The number of nitrogens with zero attached hydrogens (tertiary/aromatic N) is 1. The summed E-state index contributed by atoms with van der Waals surface area (Å²) in [5.74, 6) is -0.304. The maximum atomic E-state index is 12.2. The van der Waals surface area contributed by atoms with Crippen LogP contribution in [-0.4, -0.2) is 20.4 Å². The van der Waals surface area contributed by atoms with Gasteiger partial charge in [0.05, 0.1) is 16.5 Å². The predicted octanol–water partition coefficient (Wildman–Crippen LogP) is 1.93. The fourth-order valence-corrected chi connectivity index (χ4v) is 3.61. The summed E-state index contributed by atoms with van der Waals surface area (Å²) in [5, 5.41) is 11.6. The molecule has 0 heterocycles. The number of nitrogens with one attached hydrogen (secondary N) is 2. The van der Waals surface area contributed by atoms with Gasteiger partial charge in [0, 0.05) is 18.2 Å². The van der Waals surface area contributed by atoms with Gasteiger partial charge in [-0.1, -0.05) is 12.1 Å². The first-order valence-electron chi connectivity index (χ1n) is 7.87. The molecule has 1 aliphatic carbocycles. The lowest BCUT2D eigenvalue weighted by atomic mass is 10.1. The molecule has 2 aromatic carbocycles. The van der Waals surface area contributed by atoms with Gasteiger partial charge in [0.1, 0.15) is 0 Å². The first-order valence-corrected chi connectivity index (χ1v) is 9.36. The molecule has 3 rings (SSSR count). The normalized spacial score (nSPS) is 13.9. The number of hydrogen-bond acceptors (Lipinski definition) is 4. The molecule has 128 valence electrons. The molecule has 0 aromatic heterocycles. The van der Waals surface area contributed by atoms with E-state index in [1.165, 1.54) is 24.3 Å². The molecule has 1 saturated carbocycles. The highest BCUT2D eigenvalue weighted by atomic mass is 32.2. The molecular formula is C18H17N3O3S. The third-order valence-electron chi connectivity index (χ3n) is 3.84. The maximum Gasteiger partial charge on any atom is 0.251 e. The van der Waals surface area contributed by atoms with Gasteiger partial charge in [-0.3, -0.25) is 4.79 Å². The van der Waals surface area contributed by atoms with Crippen LogP contribution in [0.15, 0.2) is 53.4 Å². The van der Waals surface area contributed by atoms with Gasteiger partial charge >= 0.3 is 0 Å². The van der Waals surface area contributed by atoms with E-state index >= 15 is 0 Å². The number of sulfonamides is 1. The Kier molecular flexibility index (Phi) is 4.83. The molecular weight excluding hydrogens is 338 g/mol. The van der Waals surface area contributed by atoms with Gasteiger partial charge in [-0.2, -0.15) is 5.26 Å². The Morgan fingerprint density at radius 2 is 1.88 bits per heavy atom. The Morgan fingerprint density at radius 3 is 2.52 bits per heavy atom. The second kappa shape index (κ2) is 7.05. The smallest absolute Gasteiger partial charge is 0.251 e. The second-order valence-electron chi connectivity index (χ2n) is 5.91. The fourth-order valence-electron chi connectivity index (χ4n) is 2.31. The molecule has 6 nitrogen and oxygen atoms in total. The van der Waals surface area contributed by atoms with E-state index in [2.05, 4.69) is 10.0 Å². The summed E-state index contributed by atoms with van der Waals surface area (Å²) in [6, 6.07) is 14.9. The summed E-state index contributed by atoms with van der Waals surface area (Å²) in [6.45, 7) is 0.289. The number of carbonyl (C=O) groups is 1. The van der Waals surface area contributed by atoms with Crippen molar-refractivity contribution in [3.63, 3.8) is 0 Å². The van der Waals surface area contributed by atoms with E-state index in [0.717, 1.165) is 18.4 Å². The molecule has 0 saturated heterocycles. The molecule has 0 unspecified atom stereocenters. The zero-order valence-corrected chi connectivity index (χ0v) is 14.2. The lowest BCUT2D eigenvalue weighted by Gasteiger charge is -2.08. The molecule has 2 N–H and O–H groups in total. The quantitative estimate of drug-likeness (QED) is 0.827. The van der Waals surface area contributed by atoms with Crippen molar-refractivity contribution in [2.45, 2.75) is 30.3 Å². The molecule has 0 spiro atoms. The van der Waals surface area contributed by atoms with Crippen molar-refractivity contribution in [1.29, 1.82) is 5.26 Å². The van der Waals surface area contributed by atoms with Crippen LogP contribution in [0.25, 0.3) is 0 Å². The van der Waals surface area contributed by atoms with Crippen LogP contribution in [0.2, 0.25) is 0 Å². The molecule has 0 bridgehead atoms. The van der Waals surface area contributed by atoms with Gasteiger partial charge in [-0.25, -0.2) is 13.1 Å². The average molecular weight is 355 g/mol. The SMILES string of the molecule is N#Cc1cccc(CNC(=O)c2ccc(S(=O)(=O)NC3CC3)cc2)c1. The van der Waals surface area contributed by atoms with E-state index in [1.807, 2.05) is 12.1 Å². The standard InChI is InChI=1S/C18H17N3O3S/c19-11-13-2-1-3-14(10-13)12-20-18(22)15-4-8-17(9-5-15)25(23,24)21-16-6-7-16/h1-5,8-10,16,21H,6-7,12H2,(H,20,22). The van der Waals surface area contributed by atoms with Crippen molar-refractivity contribution >= 4 is 15.9 Å². The van der Waals surface area contributed by atoms with E-state index in [0.29, 0.717) is 11.1 Å². The molecule has 1 aliphatic rings. The molecule has 7 heteroatoms. The zero-order chi connectivity index (χ0) is 17.9. The first-order chi connectivity index (χ1) is 12.0. The summed E-state index contributed by atoms with van der Waals surface area (Å²) >= 11 is 0. The fraction of sp³-hybridized carbons (Fsp3) is 0.222. The van der Waals surface area contributed by atoms with Crippen LogP contribution in [0.5, 0.6) is 0 Å². The summed E-state index contributed by atoms with van der Waals surface area (Å²) < 4.78 is 26.8. The molecule has 0 radical (unpaired) electrons. The van der Waals surface area contributed by atoms with Gasteiger partial charge in [-0.15, -0.1) is 0 Å². The van der Waals surface area contributed by atoms with Gasteiger partial charge < -0.3 is 5.32 Å². The van der Waals surface area contributed by atoms with Gasteiger partial charge in [0.15, 0.2) is 0 Å². The number of nitriles is 1. The highest BCUT2D eigenvalue weighted by Gasteiger charge is 2.27. The van der Waals surface area contributed by atoms with Crippen LogP contribution in [-0.2, 0) is 16.6 Å². The molecule has 1 amide bonds. The Labute approximate surface area is 146 Å². The predicted molar refractivity (Wildman–Crippen MR) is 92.1 cm³/mol. The van der Waals surface area contributed by atoms with Crippen LogP contribution < -0.4 is 10.0 Å². The van der Waals surface area contributed by atoms with Crippen molar-refractivity contribution in [2.75, 3.05) is 0 Å². The van der Waals surface area contributed by atoms with E-state index in [-0.39, 0.29) is 23.4 Å². The minimum Gasteiger partial charge on any atom is -0.348 e. The van der Waals surface area contributed by atoms with E-state index in [1.54, 1.807) is 18.2 Å². The minimum atomic E-state index is -3.51. The molecule has 2 aromatic rings. The topological polar surface area (TPSA) is 99.1 Å². The molecule has 25 heavy (non-hydrogen) atoms. The summed E-state index contributed by atoms with van der Waals surface area (Å²) in [6.07, 6.45) is 1.74. The average Bonchev–Trinajstić information content (AvgIpc) is 3.43. The lowest BCUT2D eigenvalue weighted by Crippen LogP contribution is -2.26. The lowest BCUT2D eigenvalue weighted by molar-refractivity contribution is 0.0951. The largest absolute Gasteiger partial charge is 0.348 e. The number of carbonyl (C=O) groups excluding carboxylic acids is 1. The van der Waals surface area contributed by atoms with Crippen LogP contribution >= 0.6 is 0 Å². The molecule has 0 atom stereocenters. The van der Waals surface area contributed by atoms with Crippen LogP contribution in [0, 0.1) is 11.3 Å². The van der Waals surface area contributed by atoms with Crippen molar-refractivity contribution in [3.8, 4) is 6.07 Å². The third-order valence-corrected chi connectivity index (χ3v) is 5.37. The first kappa shape index (κ1) is 17.1.